The van der Waals surface area contributed by atoms with Crippen LogP contribution in [0.4, 0.5) is 5.69 Å². The Kier molecular flexibility index (Phi) is 7.43. The van der Waals surface area contributed by atoms with Gasteiger partial charge in [0.2, 0.25) is 0 Å². The van der Waals surface area contributed by atoms with E-state index in [1.54, 1.807) is 53.2 Å². The van der Waals surface area contributed by atoms with E-state index in [9.17, 15) is 4.79 Å². The standard InChI is InChI=1S/C24H19Cl4N3O3/c1-13-23(14(2)31(30-13)11-17-18(26)4-3-5-19(17)27)29-24(32)22-9-7-16(34-22)12-33-21-8-6-15(25)10-20(21)28/h3-10H,11-12H2,1-2H3,(H,29,32). The normalized spacial score (nSPS) is 11.0. The molecule has 0 atom stereocenters. The number of furan rings is 1. The van der Waals surface area contributed by atoms with Crippen molar-refractivity contribution in [1.82, 2.24) is 9.78 Å². The molecule has 0 saturated heterocycles. The summed E-state index contributed by atoms with van der Waals surface area (Å²) < 4.78 is 13.0. The van der Waals surface area contributed by atoms with Crippen molar-refractivity contribution in [3.8, 4) is 5.75 Å². The SMILES string of the molecule is Cc1nn(Cc2c(Cl)cccc2Cl)c(C)c1NC(=O)c1ccc(COc2ccc(Cl)cc2Cl)o1. The van der Waals surface area contributed by atoms with Gasteiger partial charge in [-0.25, -0.2) is 0 Å². The predicted octanol–water partition coefficient (Wildman–Crippen LogP) is 7.59. The lowest BCUT2D eigenvalue weighted by atomic mass is 10.2. The molecule has 2 aromatic carbocycles. The number of nitrogens with zero attached hydrogens (tertiary/aromatic N) is 2. The maximum atomic E-state index is 12.8. The summed E-state index contributed by atoms with van der Waals surface area (Å²) in [6.45, 7) is 4.14. The largest absolute Gasteiger partial charge is 0.484 e. The Labute approximate surface area is 216 Å². The Morgan fingerprint density at radius 1 is 1.03 bits per heavy atom. The summed E-state index contributed by atoms with van der Waals surface area (Å²) in [6, 6.07) is 13.5. The molecule has 2 heterocycles. The molecule has 0 spiro atoms. The summed E-state index contributed by atoms with van der Waals surface area (Å²) in [6.07, 6.45) is 0. The van der Waals surface area contributed by atoms with Gasteiger partial charge in [0.05, 0.1) is 28.6 Å². The molecule has 0 radical (unpaired) electrons. The number of halogens is 4. The van der Waals surface area contributed by atoms with Crippen molar-refractivity contribution in [1.29, 1.82) is 0 Å². The van der Waals surface area contributed by atoms with Gasteiger partial charge >= 0.3 is 0 Å². The summed E-state index contributed by atoms with van der Waals surface area (Å²) >= 11 is 24.6. The minimum absolute atomic E-state index is 0.100. The Balaban J connectivity index is 1.44. The maximum absolute atomic E-state index is 12.8. The van der Waals surface area contributed by atoms with Crippen LogP contribution in [0, 0.1) is 13.8 Å². The number of aromatic nitrogens is 2. The lowest BCUT2D eigenvalue weighted by Crippen LogP contribution is -2.12. The zero-order valence-corrected chi connectivity index (χ0v) is 21.2. The first-order valence-electron chi connectivity index (χ1n) is 10.2. The molecule has 10 heteroatoms. The molecule has 0 aliphatic rings. The van der Waals surface area contributed by atoms with Crippen LogP contribution >= 0.6 is 46.4 Å². The summed E-state index contributed by atoms with van der Waals surface area (Å²) in [7, 11) is 0. The van der Waals surface area contributed by atoms with Crippen molar-refractivity contribution in [2.75, 3.05) is 5.32 Å². The van der Waals surface area contributed by atoms with E-state index in [1.165, 1.54) is 0 Å². The number of nitrogens with one attached hydrogen (secondary N) is 1. The van der Waals surface area contributed by atoms with Gasteiger partial charge in [0.25, 0.3) is 5.91 Å². The highest BCUT2D eigenvalue weighted by molar-refractivity contribution is 6.36. The first kappa shape index (κ1) is 24.5. The first-order valence-corrected chi connectivity index (χ1v) is 11.7. The molecule has 34 heavy (non-hydrogen) atoms. The number of amides is 1. The number of carbonyl (C=O) groups excluding carboxylic acids is 1. The summed E-state index contributed by atoms with van der Waals surface area (Å²) in [4.78, 5) is 12.8. The lowest BCUT2D eigenvalue weighted by Gasteiger charge is -2.09. The van der Waals surface area contributed by atoms with Crippen molar-refractivity contribution in [2.45, 2.75) is 27.0 Å². The van der Waals surface area contributed by atoms with Gasteiger partial charge in [0.15, 0.2) is 5.76 Å². The quantitative estimate of drug-likeness (QED) is 0.263. The lowest BCUT2D eigenvalue weighted by molar-refractivity contribution is 0.0992. The highest BCUT2D eigenvalue weighted by Crippen LogP contribution is 2.29. The predicted molar refractivity (Wildman–Crippen MR) is 135 cm³/mol. The van der Waals surface area contributed by atoms with Gasteiger partial charge in [-0.2, -0.15) is 5.10 Å². The number of anilines is 1. The summed E-state index contributed by atoms with van der Waals surface area (Å²) in [5.74, 6) is 0.665. The van der Waals surface area contributed by atoms with E-state index in [2.05, 4.69) is 10.4 Å². The number of carbonyl (C=O) groups is 1. The molecule has 1 amide bonds. The molecule has 0 unspecified atom stereocenters. The number of hydrogen-bond donors (Lipinski definition) is 1. The van der Waals surface area contributed by atoms with Crippen LogP contribution in [0.25, 0.3) is 0 Å². The van der Waals surface area contributed by atoms with E-state index in [4.69, 9.17) is 55.6 Å². The van der Waals surface area contributed by atoms with Crippen LogP contribution in [0.15, 0.2) is 52.9 Å². The second-order valence-electron chi connectivity index (χ2n) is 7.49. The monoisotopic (exact) mass is 537 g/mol. The molecular formula is C24H19Cl4N3O3. The smallest absolute Gasteiger partial charge is 0.291 e. The van der Waals surface area contributed by atoms with Gasteiger partial charge in [-0.15, -0.1) is 0 Å². The van der Waals surface area contributed by atoms with E-state index >= 15 is 0 Å². The van der Waals surface area contributed by atoms with Gasteiger partial charge in [-0.3, -0.25) is 9.48 Å². The van der Waals surface area contributed by atoms with Crippen molar-refractivity contribution >= 4 is 58.0 Å². The fourth-order valence-electron chi connectivity index (χ4n) is 3.36. The van der Waals surface area contributed by atoms with Gasteiger partial charge in [-0.1, -0.05) is 52.5 Å². The third kappa shape index (κ3) is 5.36. The molecule has 4 rings (SSSR count). The number of ether oxygens (including phenoxy) is 1. The van der Waals surface area contributed by atoms with Crippen molar-refractivity contribution in [3.05, 3.63) is 97.1 Å². The second-order valence-corrected chi connectivity index (χ2v) is 9.15. The Morgan fingerprint density at radius 3 is 2.47 bits per heavy atom. The van der Waals surface area contributed by atoms with Crippen LogP contribution < -0.4 is 10.1 Å². The van der Waals surface area contributed by atoms with E-state index in [0.717, 1.165) is 11.3 Å². The van der Waals surface area contributed by atoms with Crippen LogP contribution in [-0.4, -0.2) is 15.7 Å². The van der Waals surface area contributed by atoms with Gasteiger partial charge < -0.3 is 14.5 Å². The molecule has 4 aromatic rings. The average Bonchev–Trinajstić information content (AvgIpc) is 3.36. The summed E-state index contributed by atoms with van der Waals surface area (Å²) in [5.41, 5.74) is 2.76. The zero-order chi connectivity index (χ0) is 24.4. The minimum Gasteiger partial charge on any atom is -0.484 e. The van der Waals surface area contributed by atoms with E-state index in [-0.39, 0.29) is 12.4 Å². The minimum atomic E-state index is -0.405. The highest BCUT2D eigenvalue weighted by atomic mass is 35.5. The molecule has 0 bridgehead atoms. The molecule has 0 saturated carbocycles. The molecule has 176 valence electrons. The molecule has 6 nitrogen and oxygen atoms in total. The van der Waals surface area contributed by atoms with Crippen LogP contribution in [0.3, 0.4) is 0 Å². The number of hydrogen-bond acceptors (Lipinski definition) is 4. The molecule has 0 fully saturated rings. The van der Waals surface area contributed by atoms with E-state index < -0.39 is 5.91 Å². The first-order chi connectivity index (χ1) is 16.2. The number of aryl methyl sites for hydroxylation is 1. The van der Waals surface area contributed by atoms with Gasteiger partial charge in [0.1, 0.15) is 18.1 Å². The third-order valence-corrected chi connectivity index (χ3v) is 6.38. The summed E-state index contributed by atoms with van der Waals surface area (Å²) in [5, 5.41) is 9.41. The van der Waals surface area contributed by atoms with Gasteiger partial charge in [0, 0.05) is 20.6 Å². The maximum Gasteiger partial charge on any atom is 0.291 e. The van der Waals surface area contributed by atoms with Crippen LogP contribution in [0.2, 0.25) is 20.1 Å². The second kappa shape index (κ2) is 10.3. The molecule has 2 aromatic heterocycles. The highest BCUT2D eigenvalue weighted by Gasteiger charge is 2.19. The number of benzene rings is 2. The third-order valence-electron chi connectivity index (χ3n) is 5.14. The molecular weight excluding hydrogens is 520 g/mol. The van der Waals surface area contributed by atoms with Crippen molar-refractivity contribution in [3.63, 3.8) is 0 Å². The Morgan fingerprint density at radius 2 is 1.76 bits per heavy atom. The van der Waals surface area contributed by atoms with Crippen LogP contribution in [-0.2, 0) is 13.2 Å². The van der Waals surface area contributed by atoms with Crippen molar-refractivity contribution < 1.29 is 13.9 Å². The molecule has 0 aliphatic carbocycles. The van der Waals surface area contributed by atoms with E-state index in [0.29, 0.717) is 49.5 Å². The fraction of sp³-hybridized carbons (Fsp3) is 0.167. The Hall–Kier alpha value is -2.64. The van der Waals surface area contributed by atoms with Crippen LogP contribution in [0.1, 0.15) is 33.3 Å². The van der Waals surface area contributed by atoms with E-state index in [1.807, 2.05) is 13.8 Å². The van der Waals surface area contributed by atoms with Gasteiger partial charge in [-0.05, 0) is 56.3 Å². The Bertz CT molecular complexity index is 1340. The molecule has 0 aliphatic heterocycles. The fourth-order valence-corrected chi connectivity index (χ4v) is 4.34. The van der Waals surface area contributed by atoms with Crippen LogP contribution in [0.5, 0.6) is 5.75 Å². The molecule has 1 N–H and O–H groups in total. The topological polar surface area (TPSA) is 69.3 Å². The zero-order valence-electron chi connectivity index (χ0n) is 18.2. The number of rotatable bonds is 7. The average molecular weight is 539 g/mol. The van der Waals surface area contributed by atoms with Crippen molar-refractivity contribution in [2.24, 2.45) is 0 Å².